The summed E-state index contributed by atoms with van der Waals surface area (Å²) in [6.07, 6.45) is -2.04. The SMILES string of the molecule is C[C@]1(C(=O)O)C[C@@H](OCCN2CCN(c3nc(N)nc4c3CCc3cc(OCc5ccc(OC(F)(F)F)cc5)ccc3-4)CC2)C1. The molecule has 2 aromatic carbocycles. The number of nitrogen functional groups attached to an aromatic ring is 1. The molecule has 1 aromatic heterocycles. The lowest BCUT2D eigenvalue weighted by molar-refractivity contribution is -0.274. The fraction of sp³-hybridized carbons (Fsp3) is 0.469. The topological polar surface area (TPSA) is 123 Å². The lowest BCUT2D eigenvalue weighted by Crippen LogP contribution is -2.49. The van der Waals surface area contributed by atoms with Crippen molar-refractivity contribution in [3.63, 3.8) is 0 Å². The van der Waals surface area contributed by atoms with E-state index in [2.05, 4.69) is 24.5 Å². The number of carboxylic acid groups (broad SMARTS) is 1. The molecule has 2 aliphatic carbocycles. The predicted octanol–water partition coefficient (Wildman–Crippen LogP) is 4.69. The second-order valence-corrected chi connectivity index (χ2v) is 12.1. The fourth-order valence-electron chi connectivity index (χ4n) is 6.28. The third-order valence-electron chi connectivity index (χ3n) is 8.85. The van der Waals surface area contributed by atoms with Crippen molar-refractivity contribution in [2.75, 3.05) is 50.0 Å². The number of anilines is 2. The normalized spacial score (nSPS) is 21.4. The van der Waals surface area contributed by atoms with Crippen LogP contribution in [0.2, 0.25) is 0 Å². The zero-order valence-electron chi connectivity index (χ0n) is 25.0. The average molecular weight is 628 g/mol. The minimum Gasteiger partial charge on any atom is -0.489 e. The molecule has 1 saturated carbocycles. The second kappa shape index (κ2) is 12.4. The summed E-state index contributed by atoms with van der Waals surface area (Å²) in [6.45, 7) is 6.66. The van der Waals surface area contributed by atoms with Crippen LogP contribution < -0.4 is 20.1 Å². The number of ether oxygens (including phenoxy) is 3. The molecule has 1 saturated heterocycles. The number of carbonyl (C=O) groups is 1. The number of hydrogen-bond donors (Lipinski definition) is 2. The van der Waals surface area contributed by atoms with Gasteiger partial charge in [-0.15, -0.1) is 13.2 Å². The van der Waals surface area contributed by atoms with E-state index in [-0.39, 0.29) is 24.4 Å². The summed E-state index contributed by atoms with van der Waals surface area (Å²) in [5.74, 6) is 0.725. The fourth-order valence-corrected chi connectivity index (χ4v) is 6.28. The quantitative estimate of drug-likeness (QED) is 0.327. The number of aryl methyl sites for hydroxylation is 1. The molecule has 3 aliphatic rings. The van der Waals surface area contributed by atoms with Crippen LogP contribution in [0.4, 0.5) is 24.9 Å². The van der Waals surface area contributed by atoms with E-state index in [1.165, 1.54) is 24.3 Å². The molecule has 0 amide bonds. The molecular weight excluding hydrogens is 591 g/mol. The molecule has 45 heavy (non-hydrogen) atoms. The predicted molar refractivity (Wildman–Crippen MR) is 160 cm³/mol. The van der Waals surface area contributed by atoms with Gasteiger partial charge in [-0.1, -0.05) is 12.1 Å². The molecule has 3 N–H and O–H groups in total. The van der Waals surface area contributed by atoms with Crippen LogP contribution in [0.25, 0.3) is 11.3 Å². The number of aliphatic carboxylic acids is 1. The van der Waals surface area contributed by atoms with Gasteiger partial charge in [-0.3, -0.25) is 9.69 Å². The van der Waals surface area contributed by atoms with Gasteiger partial charge in [-0.25, -0.2) is 4.98 Å². The van der Waals surface area contributed by atoms with E-state index in [9.17, 15) is 23.1 Å². The van der Waals surface area contributed by atoms with E-state index in [0.29, 0.717) is 30.8 Å². The Balaban J connectivity index is 1.04. The number of fused-ring (bicyclic) bond motifs is 3. The molecule has 0 radical (unpaired) electrons. The van der Waals surface area contributed by atoms with Crippen molar-refractivity contribution in [1.82, 2.24) is 14.9 Å². The minimum absolute atomic E-state index is 0.0240. The molecule has 10 nitrogen and oxygen atoms in total. The number of aromatic nitrogens is 2. The van der Waals surface area contributed by atoms with E-state index < -0.39 is 17.7 Å². The van der Waals surface area contributed by atoms with Crippen molar-refractivity contribution >= 4 is 17.7 Å². The monoisotopic (exact) mass is 627 g/mol. The van der Waals surface area contributed by atoms with Crippen LogP contribution in [0.15, 0.2) is 42.5 Å². The van der Waals surface area contributed by atoms with E-state index in [4.69, 9.17) is 15.2 Å². The van der Waals surface area contributed by atoms with E-state index in [0.717, 1.165) is 73.8 Å². The van der Waals surface area contributed by atoms with Crippen LogP contribution in [0, 0.1) is 5.41 Å². The Labute approximate surface area is 258 Å². The molecule has 0 spiro atoms. The summed E-state index contributed by atoms with van der Waals surface area (Å²) in [7, 11) is 0. The van der Waals surface area contributed by atoms with Gasteiger partial charge in [0.05, 0.1) is 23.8 Å². The summed E-state index contributed by atoms with van der Waals surface area (Å²) in [5, 5.41) is 9.28. The highest BCUT2D eigenvalue weighted by Crippen LogP contribution is 2.42. The first-order valence-corrected chi connectivity index (χ1v) is 15.1. The van der Waals surface area contributed by atoms with Crippen molar-refractivity contribution in [2.24, 2.45) is 5.41 Å². The minimum atomic E-state index is -4.73. The molecular formula is C32H36F3N5O5. The molecule has 13 heteroatoms. The first kappa shape index (κ1) is 30.9. The molecule has 0 unspecified atom stereocenters. The van der Waals surface area contributed by atoms with Crippen LogP contribution in [0.1, 0.15) is 36.5 Å². The molecule has 2 heterocycles. The molecule has 6 rings (SSSR count). The number of piperazine rings is 1. The highest BCUT2D eigenvalue weighted by molar-refractivity contribution is 5.76. The van der Waals surface area contributed by atoms with Gasteiger partial charge in [0, 0.05) is 43.9 Å². The number of carboxylic acids is 1. The average Bonchev–Trinajstić information content (AvgIpc) is 2.98. The third kappa shape index (κ3) is 7.09. The summed E-state index contributed by atoms with van der Waals surface area (Å²) >= 11 is 0. The zero-order valence-corrected chi connectivity index (χ0v) is 25.0. The maximum absolute atomic E-state index is 12.4. The Bertz CT molecular complexity index is 1540. The third-order valence-corrected chi connectivity index (χ3v) is 8.85. The smallest absolute Gasteiger partial charge is 0.489 e. The largest absolute Gasteiger partial charge is 0.573 e. The Morgan fingerprint density at radius 1 is 1.04 bits per heavy atom. The van der Waals surface area contributed by atoms with Crippen LogP contribution in [-0.2, 0) is 29.0 Å². The molecule has 240 valence electrons. The van der Waals surface area contributed by atoms with E-state index in [1.807, 2.05) is 18.2 Å². The van der Waals surface area contributed by atoms with Crippen LogP contribution in [0.5, 0.6) is 11.5 Å². The van der Waals surface area contributed by atoms with Crippen molar-refractivity contribution in [2.45, 2.75) is 51.7 Å². The zero-order chi connectivity index (χ0) is 31.8. The maximum atomic E-state index is 12.4. The summed E-state index contributed by atoms with van der Waals surface area (Å²) in [6, 6.07) is 11.4. The second-order valence-electron chi connectivity index (χ2n) is 12.1. The summed E-state index contributed by atoms with van der Waals surface area (Å²) in [5.41, 5.74) is 10.2. The van der Waals surface area contributed by atoms with Gasteiger partial charge in [-0.05, 0) is 74.1 Å². The van der Waals surface area contributed by atoms with E-state index >= 15 is 0 Å². The van der Waals surface area contributed by atoms with Crippen molar-refractivity contribution < 1.29 is 37.3 Å². The van der Waals surface area contributed by atoms with Crippen LogP contribution in [0.3, 0.4) is 0 Å². The number of nitrogens with two attached hydrogens (primary N) is 1. The highest BCUT2D eigenvalue weighted by Gasteiger charge is 2.47. The van der Waals surface area contributed by atoms with E-state index in [1.54, 1.807) is 6.92 Å². The summed E-state index contributed by atoms with van der Waals surface area (Å²) in [4.78, 5) is 25.2. The lowest BCUT2D eigenvalue weighted by atomic mass is 9.68. The number of alkyl halides is 3. The summed E-state index contributed by atoms with van der Waals surface area (Å²) < 4.78 is 53.0. The number of hydrogen-bond acceptors (Lipinski definition) is 9. The number of benzene rings is 2. The number of rotatable bonds is 10. The van der Waals surface area contributed by atoms with Crippen molar-refractivity contribution in [3.05, 3.63) is 59.2 Å². The molecule has 2 fully saturated rings. The Kier molecular flexibility index (Phi) is 8.49. The Morgan fingerprint density at radius 2 is 1.76 bits per heavy atom. The highest BCUT2D eigenvalue weighted by atomic mass is 19.4. The Morgan fingerprint density at radius 3 is 2.44 bits per heavy atom. The first-order chi connectivity index (χ1) is 21.5. The molecule has 1 aliphatic heterocycles. The first-order valence-electron chi connectivity index (χ1n) is 15.1. The van der Waals surface area contributed by atoms with Gasteiger partial charge >= 0.3 is 12.3 Å². The van der Waals surface area contributed by atoms with Crippen LogP contribution >= 0.6 is 0 Å². The number of halogens is 3. The maximum Gasteiger partial charge on any atom is 0.573 e. The van der Waals surface area contributed by atoms with Gasteiger partial charge in [-0.2, -0.15) is 4.98 Å². The van der Waals surface area contributed by atoms with Gasteiger partial charge in [0.1, 0.15) is 23.9 Å². The molecule has 3 aromatic rings. The lowest BCUT2D eigenvalue weighted by Gasteiger charge is -2.42. The van der Waals surface area contributed by atoms with Crippen molar-refractivity contribution in [3.8, 4) is 22.8 Å². The Hall–Kier alpha value is -4.10. The van der Waals surface area contributed by atoms with Crippen molar-refractivity contribution in [1.29, 1.82) is 0 Å². The van der Waals surface area contributed by atoms with Crippen LogP contribution in [-0.4, -0.2) is 77.7 Å². The van der Waals surface area contributed by atoms with Gasteiger partial charge in [0.2, 0.25) is 5.95 Å². The number of nitrogens with zero attached hydrogens (tertiary/aromatic N) is 4. The molecule has 0 bridgehead atoms. The van der Waals surface area contributed by atoms with Gasteiger partial charge < -0.3 is 30.0 Å². The van der Waals surface area contributed by atoms with Gasteiger partial charge in [0.15, 0.2) is 0 Å². The van der Waals surface area contributed by atoms with Gasteiger partial charge in [0.25, 0.3) is 0 Å². The molecule has 0 atom stereocenters. The standard InChI is InChI=1S/C32H36F3N5O5/c1-31(29(41)42)17-24(18-31)43-15-14-39-10-12-40(13-11-39)28-26-8-4-21-16-23(7-9-25(21)27(26)37-30(36)38-28)44-19-20-2-5-22(6-3-20)45-32(33,34)35/h2-3,5-7,9,16,24H,4,8,10-15,17-19H2,1H3,(H,41,42)(H2,36,37,38)/t24-,31+.